The summed E-state index contributed by atoms with van der Waals surface area (Å²) in [5.41, 5.74) is 0.715. The quantitative estimate of drug-likeness (QED) is 0.644. The van der Waals surface area contributed by atoms with E-state index in [9.17, 15) is 3.89 Å². The Morgan fingerprint density at radius 1 is 1.29 bits per heavy atom. The number of halogens is 1. The second-order valence-corrected chi connectivity index (χ2v) is 2.65. The highest BCUT2D eigenvalue weighted by Gasteiger charge is 1.79. The average molecular weight is 213 g/mol. The van der Waals surface area contributed by atoms with Crippen LogP contribution in [-0.2, 0) is 0 Å². The van der Waals surface area contributed by atoms with Gasteiger partial charge >= 0.3 is 0 Å². The van der Waals surface area contributed by atoms with Crippen molar-refractivity contribution in [3.63, 3.8) is 0 Å². The van der Waals surface area contributed by atoms with Crippen LogP contribution >= 0.6 is 12.1 Å². The maximum absolute atomic E-state index is 10.2. The Morgan fingerprint density at radius 2 is 1.64 bits per heavy atom. The van der Waals surface area contributed by atoms with E-state index >= 15 is 0 Å². The first-order chi connectivity index (χ1) is 6.76. The summed E-state index contributed by atoms with van der Waals surface area (Å²) in [6, 6.07) is 11.2. The van der Waals surface area contributed by atoms with Gasteiger partial charge in [-0.3, -0.25) is 0 Å². The van der Waals surface area contributed by atoms with Crippen molar-refractivity contribution in [3.05, 3.63) is 35.9 Å². The Kier molecular flexibility index (Phi) is 16.0. The molecule has 0 aliphatic carbocycles. The highest BCUT2D eigenvalue weighted by atomic mass is 32.2. The van der Waals surface area contributed by atoms with Crippen LogP contribution in [0.2, 0.25) is 0 Å². The van der Waals surface area contributed by atoms with Gasteiger partial charge in [0.25, 0.3) is 0 Å². The van der Waals surface area contributed by atoms with E-state index in [4.69, 9.17) is 5.26 Å². The first-order valence-corrected chi connectivity index (χ1v) is 5.49. The molecule has 0 heterocycles. The molecule has 14 heavy (non-hydrogen) atoms. The molecule has 0 amide bonds. The molecular weight excluding hydrogens is 197 g/mol. The van der Waals surface area contributed by atoms with Gasteiger partial charge in [0.2, 0.25) is 0 Å². The summed E-state index contributed by atoms with van der Waals surface area (Å²) < 4.78 is 10.2. The van der Waals surface area contributed by atoms with Crippen molar-refractivity contribution in [3.8, 4) is 6.07 Å². The van der Waals surface area contributed by atoms with Crippen LogP contribution in [0.5, 0.6) is 0 Å². The van der Waals surface area contributed by atoms with Crippen LogP contribution < -0.4 is 0 Å². The fraction of sp³-hybridized carbons (Fsp3) is 0.364. The number of nitrogens with zero attached hydrogens (tertiary/aromatic N) is 1. The van der Waals surface area contributed by atoms with Crippen LogP contribution in [-0.4, -0.2) is 6.26 Å². The van der Waals surface area contributed by atoms with Crippen molar-refractivity contribution >= 4 is 12.1 Å². The molecule has 0 atom stereocenters. The summed E-state index contributed by atoms with van der Waals surface area (Å²) in [6.07, 6.45) is 2.62. The van der Waals surface area contributed by atoms with Crippen molar-refractivity contribution < 1.29 is 3.89 Å². The average Bonchev–Trinajstić information content (AvgIpc) is 2.21. The number of rotatable bonds is 0. The summed E-state index contributed by atoms with van der Waals surface area (Å²) in [4.78, 5) is 0. The molecule has 0 radical (unpaired) electrons. The first-order valence-electron chi connectivity index (χ1n) is 4.36. The predicted octanol–water partition coefficient (Wildman–Crippen LogP) is 4.21. The standard InChI is InChI=1S/C7H5N.C3H8.CH3FS/c8-6-7-4-2-1-3-5-7;2*1-3-2/h1-5H;3H2,1-2H3;1H3. The molecule has 78 valence electrons. The Balaban J connectivity index is 0. The van der Waals surface area contributed by atoms with E-state index in [0.29, 0.717) is 5.56 Å². The predicted molar refractivity (Wildman–Crippen MR) is 61.7 cm³/mol. The molecule has 0 N–H and O–H groups in total. The van der Waals surface area contributed by atoms with Crippen LogP contribution in [0.4, 0.5) is 3.89 Å². The van der Waals surface area contributed by atoms with E-state index in [-0.39, 0.29) is 12.1 Å². The van der Waals surface area contributed by atoms with Gasteiger partial charge in [-0.25, -0.2) is 0 Å². The zero-order chi connectivity index (χ0) is 11.2. The lowest BCUT2D eigenvalue weighted by molar-refractivity contribution is 0.944. The van der Waals surface area contributed by atoms with Crippen molar-refractivity contribution in [1.29, 1.82) is 5.26 Å². The fourth-order valence-electron chi connectivity index (χ4n) is 0.513. The molecule has 0 spiro atoms. The van der Waals surface area contributed by atoms with Gasteiger partial charge in [-0.2, -0.15) is 9.15 Å². The molecule has 0 unspecified atom stereocenters. The lowest BCUT2D eigenvalue weighted by atomic mass is 10.2. The minimum Gasteiger partial charge on any atom is -0.192 e. The molecule has 0 bridgehead atoms. The molecule has 3 heteroatoms. The molecule has 1 rings (SSSR count). The van der Waals surface area contributed by atoms with E-state index in [1.54, 1.807) is 12.1 Å². The van der Waals surface area contributed by atoms with Gasteiger partial charge in [-0.15, -0.1) is 0 Å². The Bertz CT molecular complexity index is 229. The second-order valence-electron chi connectivity index (χ2n) is 2.34. The molecule has 0 aliphatic heterocycles. The number of hydrogen-bond donors (Lipinski definition) is 0. The topological polar surface area (TPSA) is 23.8 Å². The Hall–Kier alpha value is -1.01. The number of hydrogen-bond acceptors (Lipinski definition) is 2. The van der Waals surface area contributed by atoms with Crippen LogP contribution in [0.15, 0.2) is 30.3 Å². The largest absolute Gasteiger partial charge is 0.192 e. The van der Waals surface area contributed by atoms with Crippen molar-refractivity contribution in [2.45, 2.75) is 20.3 Å². The Morgan fingerprint density at radius 3 is 1.86 bits per heavy atom. The molecule has 0 saturated carbocycles. The van der Waals surface area contributed by atoms with Crippen molar-refractivity contribution in [2.24, 2.45) is 0 Å². The van der Waals surface area contributed by atoms with E-state index in [0.717, 1.165) is 0 Å². The monoisotopic (exact) mass is 213 g/mol. The number of nitriles is 1. The SMILES string of the molecule is CCC.CSF.N#Cc1ccccc1. The van der Waals surface area contributed by atoms with E-state index in [2.05, 4.69) is 13.8 Å². The molecule has 1 aromatic rings. The van der Waals surface area contributed by atoms with E-state index < -0.39 is 0 Å². The zero-order valence-electron chi connectivity index (χ0n) is 8.83. The van der Waals surface area contributed by atoms with Crippen LogP contribution in [0.1, 0.15) is 25.8 Å². The molecule has 0 fully saturated rings. The van der Waals surface area contributed by atoms with Gasteiger partial charge < -0.3 is 0 Å². The van der Waals surface area contributed by atoms with Gasteiger partial charge in [0.15, 0.2) is 0 Å². The highest BCUT2D eigenvalue weighted by Crippen LogP contribution is 1.93. The Labute approximate surface area is 90.2 Å². The summed E-state index contributed by atoms with van der Waals surface area (Å²) in [5.74, 6) is 0. The zero-order valence-corrected chi connectivity index (χ0v) is 9.64. The minimum atomic E-state index is 0.250. The fourth-order valence-corrected chi connectivity index (χ4v) is 0.513. The highest BCUT2D eigenvalue weighted by molar-refractivity contribution is 7.93. The lowest BCUT2D eigenvalue weighted by Crippen LogP contribution is -1.66. The summed E-state index contributed by atoms with van der Waals surface area (Å²) in [6.45, 7) is 4.25. The van der Waals surface area contributed by atoms with Crippen molar-refractivity contribution in [2.75, 3.05) is 6.26 Å². The summed E-state index contributed by atoms with van der Waals surface area (Å²) in [7, 11) is 0. The maximum Gasteiger partial charge on any atom is 0.0991 e. The van der Waals surface area contributed by atoms with Gasteiger partial charge in [0, 0.05) is 18.4 Å². The van der Waals surface area contributed by atoms with Gasteiger partial charge in [-0.1, -0.05) is 38.5 Å². The van der Waals surface area contributed by atoms with Crippen LogP contribution in [0.25, 0.3) is 0 Å². The minimum absolute atomic E-state index is 0.250. The van der Waals surface area contributed by atoms with Gasteiger partial charge in [0.05, 0.1) is 11.6 Å². The molecule has 1 aromatic carbocycles. The number of benzene rings is 1. The third kappa shape index (κ3) is 13.6. The van der Waals surface area contributed by atoms with Gasteiger partial charge in [-0.05, 0) is 12.1 Å². The van der Waals surface area contributed by atoms with E-state index in [1.165, 1.54) is 12.7 Å². The molecule has 0 aromatic heterocycles. The second kappa shape index (κ2) is 14.5. The molecule has 0 saturated heterocycles. The summed E-state index contributed by atoms with van der Waals surface area (Å²) >= 11 is 0.250. The van der Waals surface area contributed by atoms with Crippen LogP contribution in [0.3, 0.4) is 0 Å². The van der Waals surface area contributed by atoms with Crippen molar-refractivity contribution in [1.82, 2.24) is 0 Å². The van der Waals surface area contributed by atoms with Crippen LogP contribution in [0, 0.1) is 11.3 Å². The third-order valence-corrected chi connectivity index (χ3v) is 0.903. The van der Waals surface area contributed by atoms with E-state index in [1.807, 2.05) is 24.3 Å². The molecular formula is C11H16FNS. The summed E-state index contributed by atoms with van der Waals surface area (Å²) in [5, 5.41) is 8.29. The maximum atomic E-state index is 10.2. The lowest BCUT2D eigenvalue weighted by Gasteiger charge is -1.80. The normalized spacial score (nSPS) is 7.07. The third-order valence-electron chi connectivity index (χ3n) is 0.903. The van der Waals surface area contributed by atoms with Gasteiger partial charge in [0.1, 0.15) is 0 Å². The molecule has 1 nitrogen and oxygen atoms in total. The first kappa shape index (κ1) is 15.5. The smallest absolute Gasteiger partial charge is 0.0991 e. The molecule has 0 aliphatic rings.